The molecule has 1 atom stereocenters. The van der Waals surface area contributed by atoms with E-state index in [-0.39, 0.29) is 16.8 Å². The lowest BCUT2D eigenvalue weighted by atomic mass is 9.99. The van der Waals surface area contributed by atoms with Crippen LogP contribution in [0.25, 0.3) is 6.08 Å². The van der Waals surface area contributed by atoms with Crippen molar-refractivity contribution in [2.45, 2.75) is 18.4 Å². The molecule has 2 aliphatic rings. The van der Waals surface area contributed by atoms with Gasteiger partial charge in [-0.2, -0.15) is 0 Å². The number of nitrogens with zero attached hydrogens (tertiary/aromatic N) is 1. The minimum atomic E-state index is -3.94. The predicted molar refractivity (Wildman–Crippen MR) is 143 cm³/mol. The summed E-state index contributed by atoms with van der Waals surface area (Å²) in [7, 11) is -3.94. The first-order chi connectivity index (χ1) is 18.8. The number of ether oxygens (including phenoxy) is 2. The zero-order valence-electron chi connectivity index (χ0n) is 21.0. The van der Waals surface area contributed by atoms with Gasteiger partial charge in [0.2, 0.25) is 0 Å². The van der Waals surface area contributed by atoms with Crippen LogP contribution in [0, 0.1) is 0 Å². The van der Waals surface area contributed by atoms with E-state index >= 15 is 0 Å². The average molecular weight is 544 g/mol. The molecule has 0 bridgehead atoms. The van der Waals surface area contributed by atoms with Gasteiger partial charge in [0.25, 0.3) is 5.91 Å². The normalized spacial score (nSPS) is 18.9. The summed E-state index contributed by atoms with van der Waals surface area (Å²) >= 11 is 0. The number of esters is 2. The smallest absolute Gasteiger partial charge is 0.356 e. The highest BCUT2D eigenvalue weighted by Crippen LogP contribution is 2.42. The van der Waals surface area contributed by atoms with Gasteiger partial charge < -0.3 is 9.47 Å². The van der Waals surface area contributed by atoms with E-state index in [1.54, 1.807) is 24.3 Å². The Bertz CT molecular complexity index is 1540. The molecule has 9 heteroatoms. The van der Waals surface area contributed by atoms with Crippen LogP contribution < -0.4 is 0 Å². The largest absolute Gasteiger partial charge is 0.461 e. The first-order valence-electron chi connectivity index (χ1n) is 12.2. The third kappa shape index (κ3) is 5.26. The topological polar surface area (TPSA) is 107 Å². The summed E-state index contributed by atoms with van der Waals surface area (Å²) < 4.78 is 37.7. The van der Waals surface area contributed by atoms with Gasteiger partial charge >= 0.3 is 11.9 Å². The second-order valence-electron chi connectivity index (χ2n) is 9.18. The molecule has 1 unspecified atom stereocenters. The van der Waals surface area contributed by atoms with Crippen molar-refractivity contribution in [2.24, 2.45) is 0 Å². The van der Waals surface area contributed by atoms with Crippen LogP contribution >= 0.6 is 0 Å². The Morgan fingerprint density at radius 2 is 1.46 bits per heavy atom. The van der Waals surface area contributed by atoms with Crippen molar-refractivity contribution in [1.29, 1.82) is 0 Å². The molecule has 3 aromatic rings. The third-order valence-electron chi connectivity index (χ3n) is 6.45. The fourth-order valence-corrected chi connectivity index (χ4v) is 6.65. The van der Waals surface area contributed by atoms with E-state index in [4.69, 9.17) is 9.47 Å². The van der Waals surface area contributed by atoms with Gasteiger partial charge in [0.1, 0.15) is 12.3 Å². The van der Waals surface area contributed by atoms with Gasteiger partial charge in [-0.1, -0.05) is 91.0 Å². The maximum atomic E-state index is 13.8. The standard InChI is InChI=1S/C30H25NO7S/c1-20(32)37-18-24-19-39(35,36)29-25(17-21-11-5-2-6-12-21)28(33)31(29)26(24)30(34)38-27(22-13-7-3-8-14-22)23-15-9-4-10-16-23/h2-17,27,29H,18-19H2,1H3/b25-17+. The molecule has 2 heterocycles. The highest BCUT2D eigenvalue weighted by atomic mass is 32.2. The number of sulfone groups is 1. The van der Waals surface area contributed by atoms with Crippen LogP contribution in [-0.2, 0) is 33.7 Å². The molecule has 1 saturated heterocycles. The second kappa shape index (κ2) is 10.7. The van der Waals surface area contributed by atoms with Gasteiger partial charge in [0.15, 0.2) is 21.3 Å². The summed E-state index contributed by atoms with van der Waals surface area (Å²) in [5.74, 6) is -2.73. The molecule has 0 saturated carbocycles. The molecule has 0 aromatic heterocycles. The molecule has 3 aromatic carbocycles. The third-order valence-corrected chi connectivity index (χ3v) is 8.35. The van der Waals surface area contributed by atoms with E-state index in [1.165, 1.54) is 13.0 Å². The summed E-state index contributed by atoms with van der Waals surface area (Å²) in [6, 6.07) is 27.0. The molecule has 0 N–H and O–H groups in total. The van der Waals surface area contributed by atoms with E-state index in [2.05, 4.69) is 0 Å². The molecule has 0 aliphatic carbocycles. The maximum absolute atomic E-state index is 13.8. The minimum Gasteiger partial charge on any atom is -0.461 e. The zero-order chi connectivity index (χ0) is 27.6. The van der Waals surface area contributed by atoms with Crippen LogP contribution in [0.3, 0.4) is 0 Å². The van der Waals surface area contributed by atoms with Gasteiger partial charge in [0.05, 0.1) is 11.3 Å². The molecule has 8 nitrogen and oxygen atoms in total. The van der Waals surface area contributed by atoms with Crippen molar-refractivity contribution in [3.05, 3.63) is 125 Å². The quantitative estimate of drug-likeness (QED) is 0.253. The van der Waals surface area contributed by atoms with Crippen LogP contribution in [0.15, 0.2) is 108 Å². The summed E-state index contributed by atoms with van der Waals surface area (Å²) in [5.41, 5.74) is 1.86. The monoisotopic (exact) mass is 543 g/mol. The first kappa shape index (κ1) is 26.1. The molecule has 5 rings (SSSR count). The molecule has 0 radical (unpaired) electrons. The van der Waals surface area contributed by atoms with Crippen LogP contribution in [0.5, 0.6) is 0 Å². The highest BCUT2D eigenvalue weighted by Gasteiger charge is 2.57. The number of hydrogen-bond donors (Lipinski definition) is 0. The summed E-state index contributed by atoms with van der Waals surface area (Å²) in [5, 5.41) is -1.35. The number of fused-ring (bicyclic) bond motifs is 1. The van der Waals surface area contributed by atoms with Gasteiger partial charge in [-0.25, -0.2) is 13.2 Å². The number of benzene rings is 3. The Hall–Kier alpha value is -4.50. The van der Waals surface area contributed by atoms with Crippen molar-refractivity contribution in [1.82, 2.24) is 4.90 Å². The van der Waals surface area contributed by atoms with Crippen molar-refractivity contribution in [3.63, 3.8) is 0 Å². The van der Waals surface area contributed by atoms with E-state index in [0.29, 0.717) is 16.7 Å². The Balaban J connectivity index is 1.56. The zero-order valence-corrected chi connectivity index (χ0v) is 21.8. The van der Waals surface area contributed by atoms with Crippen molar-refractivity contribution in [2.75, 3.05) is 12.4 Å². The molecule has 39 heavy (non-hydrogen) atoms. The predicted octanol–water partition coefficient (Wildman–Crippen LogP) is 3.82. The van der Waals surface area contributed by atoms with E-state index < -0.39 is 51.5 Å². The van der Waals surface area contributed by atoms with Gasteiger partial charge in [-0.05, 0) is 22.8 Å². The Labute approximate surface area is 226 Å². The lowest BCUT2D eigenvalue weighted by Gasteiger charge is -2.46. The Morgan fingerprint density at radius 3 is 2.00 bits per heavy atom. The average Bonchev–Trinajstić information content (AvgIpc) is 2.94. The number of carbonyl (C=O) groups excluding carboxylic acids is 3. The van der Waals surface area contributed by atoms with Gasteiger partial charge in [-0.15, -0.1) is 0 Å². The number of carbonyl (C=O) groups is 3. The van der Waals surface area contributed by atoms with Crippen LogP contribution in [0.4, 0.5) is 0 Å². The highest BCUT2D eigenvalue weighted by molar-refractivity contribution is 7.92. The van der Waals surface area contributed by atoms with Crippen molar-refractivity contribution < 1.29 is 32.3 Å². The first-order valence-corrected chi connectivity index (χ1v) is 14.0. The summed E-state index contributed by atoms with van der Waals surface area (Å²) in [4.78, 5) is 39.6. The molecule has 1 fully saturated rings. The summed E-state index contributed by atoms with van der Waals surface area (Å²) in [6.45, 7) is 0.712. The molecular weight excluding hydrogens is 518 g/mol. The van der Waals surface area contributed by atoms with Crippen molar-refractivity contribution in [3.8, 4) is 0 Å². The van der Waals surface area contributed by atoms with Crippen LogP contribution in [0.1, 0.15) is 29.7 Å². The SMILES string of the molecule is CC(=O)OCC1=C(C(=O)OC(c2ccccc2)c2ccccc2)N2C(=O)/C(=C\c3ccccc3)C2S(=O)(=O)C1. The Morgan fingerprint density at radius 1 is 0.923 bits per heavy atom. The number of amides is 1. The number of β-lactam (4-membered cyclic amide) rings is 1. The Kier molecular flexibility index (Phi) is 7.17. The minimum absolute atomic E-state index is 0.0153. The van der Waals surface area contributed by atoms with Crippen LogP contribution in [0.2, 0.25) is 0 Å². The fraction of sp³-hybridized carbons (Fsp3) is 0.167. The summed E-state index contributed by atoms with van der Waals surface area (Å²) in [6.07, 6.45) is 0.688. The maximum Gasteiger partial charge on any atom is 0.356 e. The molecule has 0 spiro atoms. The molecule has 2 aliphatic heterocycles. The van der Waals surface area contributed by atoms with E-state index in [0.717, 1.165) is 4.90 Å². The van der Waals surface area contributed by atoms with Gasteiger partial charge in [0, 0.05) is 12.5 Å². The van der Waals surface area contributed by atoms with Crippen LogP contribution in [-0.4, -0.2) is 48.9 Å². The fourth-order valence-electron chi connectivity index (χ4n) is 4.71. The second-order valence-corrected chi connectivity index (χ2v) is 11.2. The lowest BCUT2D eigenvalue weighted by Crippen LogP contribution is -2.62. The molecule has 198 valence electrons. The molecular formula is C30H25NO7S. The number of hydrogen-bond acceptors (Lipinski definition) is 7. The molecule has 1 amide bonds. The van der Waals surface area contributed by atoms with E-state index in [1.807, 2.05) is 66.7 Å². The van der Waals surface area contributed by atoms with Gasteiger partial charge in [-0.3, -0.25) is 14.5 Å². The van der Waals surface area contributed by atoms with E-state index in [9.17, 15) is 22.8 Å². The number of rotatable bonds is 7. The lowest BCUT2D eigenvalue weighted by molar-refractivity contribution is -0.149. The van der Waals surface area contributed by atoms with Crippen molar-refractivity contribution >= 4 is 33.8 Å².